The molecular formula is C24H33N5O3S. The third-order valence-electron chi connectivity index (χ3n) is 7.58. The normalized spacial score (nSPS) is 28.5. The summed E-state index contributed by atoms with van der Waals surface area (Å²) in [5.74, 6) is 2.24. The van der Waals surface area contributed by atoms with Crippen molar-refractivity contribution in [1.82, 2.24) is 25.1 Å². The Hall–Kier alpha value is -2.20. The highest BCUT2D eigenvalue weighted by atomic mass is 32.2. The van der Waals surface area contributed by atoms with E-state index in [4.69, 9.17) is 0 Å². The van der Waals surface area contributed by atoms with Gasteiger partial charge < -0.3 is 10.1 Å². The van der Waals surface area contributed by atoms with Gasteiger partial charge in [0.1, 0.15) is 11.6 Å². The highest BCUT2D eigenvalue weighted by Gasteiger charge is 2.42. The molecule has 4 atom stereocenters. The first-order valence-corrected chi connectivity index (χ1v) is 13.7. The zero-order valence-electron chi connectivity index (χ0n) is 19.2. The third-order valence-corrected chi connectivity index (χ3v) is 8.85. The highest BCUT2D eigenvalue weighted by molar-refractivity contribution is 7.88. The molecule has 3 heterocycles. The van der Waals surface area contributed by atoms with Crippen LogP contribution in [0.3, 0.4) is 0 Å². The number of H-pyrrole nitrogens is 1. The van der Waals surface area contributed by atoms with E-state index in [-0.39, 0.29) is 6.04 Å². The van der Waals surface area contributed by atoms with Crippen LogP contribution in [-0.2, 0) is 16.4 Å². The first-order chi connectivity index (χ1) is 15.8. The second-order valence-corrected chi connectivity index (χ2v) is 11.5. The van der Waals surface area contributed by atoms with Crippen LogP contribution in [0.5, 0.6) is 5.75 Å². The van der Waals surface area contributed by atoms with Gasteiger partial charge in [-0.2, -0.15) is 4.31 Å². The van der Waals surface area contributed by atoms with Crippen LogP contribution in [0, 0.1) is 5.92 Å². The van der Waals surface area contributed by atoms with E-state index < -0.39 is 10.0 Å². The van der Waals surface area contributed by atoms with Crippen molar-refractivity contribution in [2.24, 2.45) is 5.92 Å². The number of aromatic amines is 1. The number of phenolic OH excluding ortho intramolecular Hbond substituents is 1. The largest absolute Gasteiger partial charge is 0.508 e. The number of benzene rings is 1. The summed E-state index contributed by atoms with van der Waals surface area (Å²) in [7, 11) is -3.15. The van der Waals surface area contributed by atoms with Crippen molar-refractivity contribution < 1.29 is 13.5 Å². The van der Waals surface area contributed by atoms with E-state index in [0.717, 1.165) is 42.8 Å². The van der Waals surface area contributed by atoms with Crippen LogP contribution in [0.15, 0.2) is 30.5 Å². The van der Waals surface area contributed by atoms with Crippen molar-refractivity contribution in [3.8, 4) is 5.75 Å². The lowest BCUT2D eigenvalue weighted by Crippen LogP contribution is -2.35. The van der Waals surface area contributed by atoms with Crippen LogP contribution in [-0.4, -0.2) is 53.2 Å². The predicted octanol–water partition coefficient (Wildman–Crippen LogP) is 2.83. The molecule has 2 fully saturated rings. The Kier molecular flexibility index (Phi) is 6.07. The van der Waals surface area contributed by atoms with Gasteiger partial charge in [0, 0.05) is 19.1 Å². The minimum Gasteiger partial charge on any atom is -0.508 e. The number of aromatic hydroxyl groups is 1. The molecule has 0 spiro atoms. The molecule has 8 nitrogen and oxygen atoms in total. The average Bonchev–Trinajstić information content (AvgIpc) is 3.45. The van der Waals surface area contributed by atoms with Crippen molar-refractivity contribution in [3.63, 3.8) is 0 Å². The quantitative estimate of drug-likeness (QED) is 0.534. The SMILES string of the molecule is CCc1cc(O)ccc1C1CCC2C(C1)NNC2c1ncc(C2=CCN(S(C)(=O)=O)CC2)[nH]1. The molecular weight excluding hydrogens is 438 g/mol. The summed E-state index contributed by atoms with van der Waals surface area (Å²) in [4.78, 5) is 8.19. The molecule has 0 radical (unpaired) electrons. The van der Waals surface area contributed by atoms with Crippen molar-refractivity contribution in [2.75, 3.05) is 19.3 Å². The van der Waals surface area contributed by atoms with Crippen molar-refractivity contribution in [2.45, 2.75) is 57.0 Å². The van der Waals surface area contributed by atoms with E-state index in [1.54, 1.807) is 0 Å². The molecule has 1 aromatic heterocycles. The standard InChI is InChI=1S/C24H33N5O3S/c1-3-15-12-18(30)5-7-19(15)17-4-6-20-21(13-17)27-28-23(20)24-25-14-22(26-24)16-8-10-29(11-9-16)33(2,31)32/h5,7-8,12,14,17,20-21,23,27-28,30H,3-4,6,9-11,13H2,1-2H3,(H,25,26). The molecule has 1 saturated heterocycles. The second-order valence-electron chi connectivity index (χ2n) is 9.57. The van der Waals surface area contributed by atoms with Crippen LogP contribution >= 0.6 is 0 Å². The number of hydrogen-bond donors (Lipinski definition) is 4. The molecule has 0 amide bonds. The lowest BCUT2D eigenvalue weighted by molar-refractivity contribution is 0.276. The number of rotatable bonds is 5. The number of nitrogens with one attached hydrogen (secondary N) is 3. The zero-order chi connectivity index (χ0) is 23.2. The molecule has 9 heteroatoms. The average molecular weight is 472 g/mol. The Morgan fingerprint density at radius 3 is 2.82 bits per heavy atom. The highest BCUT2D eigenvalue weighted by Crippen LogP contribution is 2.44. The second kappa shape index (κ2) is 8.87. The zero-order valence-corrected chi connectivity index (χ0v) is 20.0. The summed E-state index contributed by atoms with van der Waals surface area (Å²) in [6.07, 6.45) is 10.0. The summed E-state index contributed by atoms with van der Waals surface area (Å²) in [6, 6.07) is 6.32. The van der Waals surface area contributed by atoms with Gasteiger partial charge >= 0.3 is 0 Å². The van der Waals surface area contributed by atoms with Crippen LogP contribution in [0.4, 0.5) is 0 Å². The van der Waals surface area contributed by atoms with Gasteiger partial charge in [0.15, 0.2) is 0 Å². The molecule has 4 unspecified atom stereocenters. The molecule has 1 saturated carbocycles. The molecule has 2 aliphatic heterocycles. The van der Waals surface area contributed by atoms with Crippen LogP contribution in [0.1, 0.15) is 67.2 Å². The van der Waals surface area contributed by atoms with Gasteiger partial charge in [-0.1, -0.05) is 19.1 Å². The fraction of sp³-hybridized carbons (Fsp3) is 0.542. The van der Waals surface area contributed by atoms with E-state index in [2.05, 4.69) is 33.8 Å². The fourth-order valence-corrected chi connectivity index (χ4v) is 6.54. The molecule has 2 aromatic rings. The maximum atomic E-state index is 11.8. The topological polar surface area (TPSA) is 110 Å². The first kappa shape index (κ1) is 22.6. The summed E-state index contributed by atoms with van der Waals surface area (Å²) in [6.45, 7) is 3.06. The van der Waals surface area contributed by atoms with E-state index in [1.807, 2.05) is 24.4 Å². The van der Waals surface area contributed by atoms with E-state index >= 15 is 0 Å². The number of fused-ring (bicyclic) bond motifs is 1. The number of sulfonamides is 1. The van der Waals surface area contributed by atoms with Gasteiger partial charge in [0.25, 0.3) is 0 Å². The van der Waals surface area contributed by atoms with Crippen molar-refractivity contribution in [3.05, 3.63) is 53.1 Å². The van der Waals surface area contributed by atoms with Gasteiger partial charge in [-0.15, -0.1) is 0 Å². The number of hydrogen-bond acceptors (Lipinski definition) is 6. The van der Waals surface area contributed by atoms with Gasteiger partial charge in [0.2, 0.25) is 10.0 Å². The Balaban J connectivity index is 1.27. The minimum atomic E-state index is -3.15. The molecule has 5 rings (SSSR count). The number of imidazole rings is 1. The van der Waals surface area contributed by atoms with Gasteiger partial charge in [0.05, 0.1) is 24.2 Å². The van der Waals surface area contributed by atoms with Crippen LogP contribution < -0.4 is 10.9 Å². The summed E-state index contributed by atoms with van der Waals surface area (Å²) >= 11 is 0. The maximum absolute atomic E-state index is 11.8. The Morgan fingerprint density at radius 1 is 1.24 bits per heavy atom. The molecule has 33 heavy (non-hydrogen) atoms. The molecule has 178 valence electrons. The molecule has 3 aliphatic rings. The van der Waals surface area contributed by atoms with Gasteiger partial charge in [-0.25, -0.2) is 18.8 Å². The monoisotopic (exact) mass is 471 g/mol. The van der Waals surface area contributed by atoms with E-state index in [9.17, 15) is 13.5 Å². The van der Waals surface area contributed by atoms with E-state index in [1.165, 1.54) is 21.7 Å². The Labute approximate surface area is 195 Å². The minimum absolute atomic E-state index is 0.131. The van der Waals surface area contributed by atoms with Crippen LogP contribution in [0.2, 0.25) is 0 Å². The summed E-state index contributed by atoms with van der Waals surface area (Å²) in [5, 5.41) is 9.86. The Bertz CT molecular complexity index is 1160. The predicted molar refractivity (Wildman–Crippen MR) is 128 cm³/mol. The van der Waals surface area contributed by atoms with Gasteiger partial charge in [-0.3, -0.25) is 5.43 Å². The van der Waals surface area contributed by atoms with Crippen LogP contribution in [0.25, 0.3) is 5.57 Å². The molecule has 0 bridgehead atoms. The lowest BCUT2D eigenvalue weighted by atomic mass is 9.73. The van der Waals surface area contributed by atoms with Crippen molar-refractivity contribution >= 4 is 15.6 Å². The lowest BCUT2D eigenvalue weighted by Gasteiger charge is -2.33. The van der Waals surface area contributed by atoms with Gasteiger partial charge in [-0.05, 0) is 72.8 Å². The maximum Gasteiger partial charge on any atom is 0.211 e. The first-order valence-electron chi connectivity index (χ1n) is 11.9. The number of phenols is 1. The van der Waals surface area contributed by atoms with Crippen molar-refractivity contribution in [1.29, 1.82) is 0 Å². The smallest absolute Gasteiger partial charge is 0.211 e. The number of aromatic nitrogens is 2. The Morgan fingerprint density at radius 2 is 2.09 bits per heavy atom. The summed E-state index contributed by atoms with van der Waals surface area (Å²) in [5.41, 5.74) is 11.7. The summed E-state index contributed by atoms with van der Waals surface area (Å²) < 4.78 is 25.0. The third kappa shape index (κ3) is 4.47. The molecule has 4 N–H and O–H groups in total. The number of hydrazine groups is 1. The molecule has 1 aliphatic carbocycles. The van der Waals surface area contributed by atoms with E-state index in [0.29, 0.717) is 43.1 Å². The molecule has 1 aromatic carbocycles. The number of nitrogens with zero attached hydrogens (tertiary/aromatic N) is 2. The fourth-order valence-electron chi connectivity index (χ4n) is 5.77. The number of aryl methyl sites for hydroxylation is 1.